The number of pyridine rings is 1. The van der Waals surface area contributed by atoms with Crippen LogP contribution >= 0.6 is 0 Å². The molecule has 0 saturated carbocycles. The van der Waals surface area contributed by atoms with E-state index in [4.69, 9.17) is 0 Å². The Balaban J connectivity index is 2.08. The molecular weight excluding hydrogens is 214 g/mol. The number of aryl methyl sites for hydroxylation is 1. The van der Waals surface area contributed by atoms with E-state index in [1.54, 1.807) is 0 Å². The number of amides is 1. The lowest BCUT2D eigenvalue weighted by Gasteiger charge is -2.22. The number of rotatable bonds is 2. The molecule has 1 amide bonds. The second-order valence-corrected chi connectivity index (χ2v) is 4.66. The Kier molecular flexibility index (Phi) is 3.74. The van der Waals surface area contributed by atoms with Gasteiger partial charge in [0.1, 0.15) is 0 Å². The summed E-state index contributed by atoms with van der Waals surface area (Å²) in [7, 11) is 0. The lowest BCUT2D eigenvalue weighted by molar-refractivity contribution is -0.132. The molecule has 1 unspecified atom stereocenters. The maximum Gasteiger partial charge on any atom is 0.239 e. The van der Waals surface area contributed by atoms with Crippen LogP contribution in [0.1, 0.15) is 24.5 Å². The number of hydrogen-bond donors (Lipinski definition) is 1. The van der Waals surface area contributed by atoms with Crippen LogP contribution in [0.3, 0.4) is 0 Å². The van der Waals surface area contributed by atoms with Crippen LogP contribution in [0.4, 0.5) is 0 Å². The van der Waals surface area contributed by atoms with Gasteiger partial charge in [-0.2, -0.15) is 0 Å². The van der Waals surface area contributed by atoms with Gasteiger partial charge in [-0.05, 0) is 37.9 Å². The van der Waals surface area contributed by atoms with Gasteiger partial charge < -0.3 is 10.2 Å². The van der Waals surface area contributed by atoms with Crippen LogP contribution in [0.2, 0.25) is 0 Å². The first kappa shape index (κ1) is 12.0. The predicted molar refractivity (Wildman–Crippen MR) is 66.5 cm³/mol. The molecule has 2 rings (SSSR count). The van der Waals surface area contributed by atoms with Gasteiger partial charge in [-0.15, -0.1) is 0 Å². The van der Waals surface area contributed by atoms with E-state index in [0.717, 1.165) is 30.6 Å². The Bertz CT molecular complexity index is 405. The van der Waals surface area contributed by atoms with Crippen molar-refractivity contribution in [2.24, 2.45) is 0 Å². The Hall–Kier alpha value is -1.42. The highest BCUT2D eigenvalue weighted by Gasteiger charge is 2.22. The van der Waals surface area contributed by atoms with Gasteiger partial charge in [-0.1, -0.05) is 6.07 Å². The summed E-state index contributed by atoms with van der Waals surface area (Å²) in [5.74, 6) is 0.184. The van der Waals surface area contributed by atoms with Crippen molar-refractivity contribution in [1.82, 2.24) is 15.2 Å². The quantitative estimate of drug-likeness (QED) is 0.832. The fraction of sp³-hybridized carbons (Fsp3) is 0.538. The highest BCUT2D eigenvalue weighted by atomic mass is 16.2. The Morgan fingerprint density at radius 2 is 2.35 bits per heavy atom. The molecule has 1 atom stereocenters. The highest BCUT2D eigenvalue weighted by Crippen LogP contribution is 2.09. The number of aromatic nitrogens is 1. The largest absolute Gasteiger partial charge is 0.337 e. The summed E-state index contributed by atoms with van der Waals surface area (Å²) in [5, 5.41) is 3.21. The average Bonchev–Trinajstić information content (AvgIpc) is 2.45. The minimum absolute atomic E-state index is 0.0738. The van der Waals surface area contributed by atoms with Gasteiger partial charge in [0.25, 0.3) is 0 Å². The summed E-state index contributed by atoms with van der Waals surface area (Å²) in [4.78, 5) is 18.2. The van der Waals surface area contributed by atoms with E-state index in [-0.39, 0.29) is 11.9 Å². The van der Waals surface area contributed by atoms with Crippen molar-refractivity contribution in [3.63, 3.8) is 0 Å². The summed E-state index contributed by atoms with van der Waals surface area (Å²) in [6.45, 7) is 6.35. The maximum atomic E-state index is 12.1. The van der Waals surface area contributed by atoms with E-state index in [0.29, 0.717) is 6.54 Å². The molecule has 4 nitrogen and oxygen atoms in total. The first-order valence-electron chi connectivity index (χ1n) is 6.09. The predicted octanol–water partition coefficient (Wildman–Crippen LogP) is 1.10. The van der Waals surface area contributed by atoms with Crippen molar-refractivity contribution >= 4 is 5.91 Å². The minimum Gasteiger partial charge on any atom is -0.337 e. The molecule has 1 aliphatic rings. The molecule has 0 bridgehead atoms. The van der Waals surface area contributed by atoms with E-state index in [2.05, 4.69) is 16.4 Å². The maximum absolute atomic E-state index is 12.1. The summed E-state index contributed by atoms with van der Waals surface area (Å²) < 4.78 is 0. The molecule has 0 aliphatic carbocycles. The molecule has 1 N–H and O–H groups in total. The van der Waals surface area contributed by atoms with Gasteiger partial charge >= 0.3 is 0 Å². The number of nitrogens with zero attached hydrogens (tertiary/aromatic N) is 2. The molecule has 1 aliphatic heterocycles. The normalized spacial score (nSPS) is 21.4. The Morgan fingerprint density at radius 1 is 1.53 bits per heavy atom. The average molecular weight is 233 g/mol. The first-order chi connectivity index (χ1) is 8.16. The zero-order valence-corrected chi connectivity index (χ0v) is 10.4. The molecule has 4 heteroatoms. The van der Waals surface area contributed by atoms with Gasteiger partial charge in [0, 0.05) is 25.5 Å². The third kappa shape index (κ3) is 3.03. The topological polar surface area (TPSA) is 45.2 Å². The van der Waals surface area contributed by atoms with Crippen LogP contribution < -0.4 is 5.32 Å². The molecule has 0 radical (unpaired) electrons. The fourth-order valence-corrected chi connectivity index (χ4v) is 2.14. The summed E-state index contributed by atoms with van der Waals surface area (Å²) in [5.41, 5.74) is 2.24. The third-order valence-corrected chi connectivity index (χ3v) is 3.04. The van der Waals surface area contributed by atoms with Crippen LogP contribution in [0.25, 0.3) is 0 Å². The molecule has 1 aromatic heterocycles. The molecule has 92 valence electrons. The van der Waals surface area contributed by atoms with Gasteiger partial charge in [-0.25, -0.2) is 0 Å². The molecule has 0 aromatic carbocycles. The molecule has 1 fully saturated rings. The van der Waals surface area contributed by atoms with E-state index in [9.17, 15) is 4.79 Å². The van der Waals surface area contributed by atoms with Crippen molar-refractivity contribution in [1.29, 1.82) is 0 Å². The third-order valence-electron chi connectivity index (χ3n) is 3.04. The van der Waals surface area contributed by atoms with E-state index in [1.807, 2.05) is 31.1 Å². The zero-order chi connectivity index (χ0) is 12.3. The zero-order valence-electron chi connectivity index (χ0n) is 10.4. The summed E-state index contributed by atoms with van der Waals surface area (Å²) >= 11 is 0. The summed E-state index contributed by atoms with van der Waals surface area (Å²) in [6, 6.07) is 2.01. The van der Waals surface area contributed by atoms with Crippen molar-refractivity contribution in [3.05, 3.63) is 29.6 Å². The van der Waals surface area contributed by atoms with E-state index >= 15 is 0 Å². The Morgan fingerprint density at radius 3 is 3.12 bits per heavy atom. The Labute approximate surface area is 102 Å². The molecule has 2 heterocycles. The van der Waals surface area contributed by atoms with Gasteiger partial charge in [0.2, 0.25) is 5.91 Å². The molecule has 0 spiro atoms. The number of nitrogens with one attached hydrogen (secondary N) is 1. The minimum atomic E-state index is -0.0738. The van der Waals surface area contributed by atoms with Gasteiger partial charge in [0.15, 0.2) is 0 Å². The number of carbonyl (C=O) groups is 1. The fourth-order valence-electron chi connectivity index (χ4n) is 2.14. The highest BCUT2D eigenvalue weighted by molar-refractivity contribution is 5.81. The smallest absolute Gasteiger partial charge is 0.239 e. The lowest BCUT2D eigenvalue weighted by atomic mass is 10.2. The second kappa shape index (κ2) is 5.27. The van der Waals surface area contributed by atoms with E-state index < -0.39 is 0 Å². The van der Waals surface area contributed by atoms with Gasteiger partial charge in [-0.3, -0.25) is 9.78 Å². The first-order valence-corrected chi connectivity index (χ1v) is 6.09. The lowest BCUT2D eigenvalue weighted by Crippen LogP contribution is -2.41. The van der Waals surface area contributed by atoms with Crippen LogP contribution in [0.5, 0.6) is 0 Å². The molecule has 1 saturated heterocycles. The molecular formula is C13H19N3O. The van der Waals surface area contributed by atoms with Crippen LogP contribution in [0, 0.1) is 6.92 Å². The van der Waals surface area contributed by atoms with Gasteiger partial charge in [0.05, 0.1) is 6.04 Å². The molecule has 17 heavy (non-hydrogen) atoms. The van der Waals surface area contributed by atoms with Crippen molar-refractivity contribution < 1.29 is 4.79 Å². The monoisotopic (exact) mass is 233 g/mol. The van der Waals surface area contributed by atoms with Crippen molar-refractivity contribution in [3.8, 4) is 0 Å². The van der Waals surface area contributed by atoms with Crippen LogP contribution in [-0.4, -0.2) is 34.9 Å². The second-order valence-electron chi connectivity index (χ2n) is 4.66. The van der Waals surface area contributed by atoms with Crippen LogP contribution in [-0.2, 0) is 11.3 Å². The molecule has 1 aromatic rings. The SMILES string of the molecule is Cc1cncc(CN2CCCNC(C)C2=O)c1. The van der Waals surface area contributed by atoms with E-state index in [1.165, 1.54) is 0 Å². The number of carbonyl (C=O) groups excluding carboxylic acids is 1. The van der Waals surface area contributed by atoms with Crippen molar-refractivity contribution in [2.75, 3.05) is 13.1 Å². The van der Waals surface area contributed by atoms with Crippen LogP contribution in [0.15, 0.2) is 18.5 Å². The summed E-state index contributed by atoms with van der Waals surface area (Å²) in [6.07, 6.45) is 4.68. The number of hydrogen-bond acceptors (Lipinski definition) is 3. The standard InChI is InChI=1S/C13H19N3O/c1-10-6-12(8-14-7-10)9-16-5-3-4-15-11(2)13(16)17/h6-8,11,15H,3-5,9H2,1-2H3. The van der Waals surface area contributed by atoms with Crippen molar-refractivity contribution in [2.45, 2.75) is 32.9 Å².